The van der Waals surface area contributed by atoms with Crippen molar-refractivity contribution in [2.24, 2.45) is 0 Å². The van der Waals surface area contributed by atoms with Crippen molar-refractivity contribution in [1.29, 1.82) is 0 Å². The first-order chi connectivity index (χ1) is 14.6. The highest BCUT2D eigenvalue weighted by Crippen LogP contribution is 2.56. The maximum Gasteiger partial charge on any atom is 0.123 e. The molecule has 1 heteroatoms. The van der Waals surface area contributed by atoms with E-state index in [9.17, 15) is 0 Å². The summed E-state index contributed by atoms with van der Waals surface area (Å²) >= 11 is 0. The molecule has 0 bridgehead atoms. The predicted molar refractivity (Wildman–Crippen MR) is 114 cm³/mol. The average Bonchev–Trinajstić information content (AvgIpc) is 2.79. The molecule has 0 fully saturated rings. The third-order valence-electron chi connectivity index (χ3n) is 6.45. The Labute approximate surface area is 168 Å². The maximum absolute atomic E-state index is 8.86. The third kappa shape index (κ3) is 2.08. The molecule has 1 nitrogen and oxygen atoms in total. The van der Waals surface area contributed by atoms with Crippen molar-refractivity contribution in [3.63, 3.8) is 0 Å². The molecule has 1 atom stereocenters. The van der Waals surface area contributed by atoms with E-state index < -0.39 is 11.8 Å². The minimum absolute atomic E-state index is 0.0952. The molecule has 0 spiro atoms. The molecular formula is C27H22O. The molecule has 4 aromatic rings. The third-order valence-corrected chi connectivity index (χ3v) is 6.45. The lowest BCUT2D eigenvalue weighted by Crippen LogP contribution is -2.36. The Balaban J connectivity index is 1.80. The molecule has 2 aliphatic rings. The van der Waals surface area contributed by atoms with Gasteiger partial charge < -0.3 is 4.74 Å². The molecule has 0 aromatic heterocycles. The zero-order valence-electron chi connectivity index (χ0n) is 17.6. The fourth-order valence-electron chi connectivity index (χ4n) is 5.29. The van der Waals surface area contributed by atoms with Gasteiger partial charge in [0.05, 0.1) is 6.61 Å². The molecule has 1 aliphatic heterocycles. The zero-order chi connectivity index (χ0) is 20.3. The van der Waals surface area contributed by atoms with Crippen molar-refractivity contribution in [3.05, 3.63) is 113 Å². The topological polar surface area (TPSA) is 9.23 Å². The van der Waals surface area contributed by atoms with Crippen LogP contribution in [0.3, 0.4) is 0 Å². The Morgan fingerprint density at radius 1 is 0.786 bits per heavy atom. The van der Waals surface area contributed by atoms with Crippen LogP contribution in [0.5, 0.6) is 5.75 Å². The van der Waals surface area contributed by atoms with Crippen LogP contribution in [0.1, 0.15) is 43.7 Å². The molecule has 6 rings (SSSR count). The van der Waals surface area contributed by atoms with Crippen LogP contribution in [0.4, 0.5) is 0 Å². The molecule has 4 aromatic carbocycles. The second kappa shape index (κ2) is 5.97. The van der Waals surface area contributed by atoms with Crippen LogP contribution in [0.25, 0.3) is 10.8 Å². The smallest absolute Gasteiger partial charge is 0.123 e. The molecule has 136 valence electrons. The molecule has 1 heterocycles. The number of ether oxygens (including phenoxy) is 1. The second-order valence-corrected chi connectivity index (χ2v) is 7.77. The highest BCUT2D eigenvalue weighted by Gasteiger charge is 2.45. The summed E-state index contributed by atoms with van der Waals surface area (Å²) in [7, 11) is 0. The number of hydrogen-bond acceptors (Lipinski definition) is 1. The van der Waals surface area contributed by atoms with Crippen LogP contribution in [0.2, 0.25) is 0 Å². The van der Waals surface area contributed by atoms with Gasteiger partial charge in [-0.1, -0.05) is 84.9 Å². The van der Waals surface area contributed by atoms with Crippen molar-refractivity contribution < 1.29 is 7.48 Å². The van der Waals surface area contributed by atoms with Crippen LogP contribution in [-0.2, 0) is 5.41 Å². The minimum Gasteiger partial charge on any atom is -0.493 e. The van der Waals surface area contributed by atoms with E-state index in [-0.39, 0.29) is 12.5 Å². The summed E-state index contributed by atoms with van der Waals surface area (Å²) in [4.78, 5) is 0. The number of rotatable bonds is 2. The largest absolute Gasteiger partial charge is 0.493 e. The standard InChI is InChI=1S/C27H22O/c1-3-9-21(10-4-1)27(22-11-5-2-6-12-22)18-20-16-17-28-24-15-14-19-8-7-13-23(27)25(19)26(20)24/h1-15,20H,16-18H2/i16D2. The second-order valence-electron chi connectivity index (χ2n) is 7.77. The van der Waals surface area contributed by atoms with E-state index in [1.807, 2.05) is 18.2 Å². The molecule has 1 aliphatic carbocycles. The van der Waals surface area contributed by atoms with Crippen LogP contribution in [-0.4, -0.2) is 6.61 Å². The average molecular weight is 364 g/mol. The van der Waals surface area contributed by atoms with Crippen LogP contribution in [0, 0.1) is 0 Å². The van der Waals surface area contributed by atoms with Crippen molar-refractivity contribution in [2.45, 2.75) is 24.1 Å². The van der Waals surface area contributed by atoms with E-state index >= 15 is 0 Å². The van der Waals surface area contributed by atoms with Gasteiger partial charge in [-0.3, -0.25) is 0 Å². The van der Waals surface area contributed by atoms with Gasteiger partial charge in [-0.25, -0.2) is 0 Å². The van der Waals surface area contributed by atoms with Crippen molar-refractivity contribution in [3.8, 4) is 5.75 Å². The molecule has 1 unspecified atom stereocenters. The summed E-state index contributed by atoms with van der Waals surface area (Å²) in [5.74, 6) is 0.602. The lowest BCUT2D eigenvalue weighted by molar-refractivity contribution is 0.253. The molecule has 0 amide bonds. The first-order valence-corrected chi connectivity index (χ1v) is 9.91. The van der Waals surface area contributed by atoms with Crippen molar-refractivity contribution in [2.75, 3.05) is 6.61 Å². The van der Waals surface area contributed by atoms with Crippen LogP contribution in [0.15, 0.2) is 91.0 Å². The van der Waals surface area contributed by atoms with E-state index in [4.69, 9.17) is 7.48 Å². The Bertz CT molecular complexity index is 1210. The maximum atomic E-state index is 8.86. The lowest BCUT2D eigenvalue weighted by atomic mass is 9.58. The Hall–Kier alpha value is -3.06. The zero-order valence-corrected chi connectivity index (χ0v) is 15.6. The summed E-state index contributed by atoms with van der Waals surface area (Å²) in [6.07, 6.45) is -0.746. The van der Waals surface area contributed by atoms with Gasteiger partial charge in [0.25, 0.3) is 0 Å². The van der Waals surface area contributed by atoms with E-state index in [0.717, 1.165) is 22.1 Å². The Morgan fingerprint density at radius 3 is 2.21 bits per heavy atom. The summed E-state index contributed by atoms with van der Waals surface area (Å²) in [5, 5.41) is 2.30. The molecule has 0 N–H and O–H groups in total. The van der Waals surface area contributed by atoms with Crippen molar-refractivity contribution >= 4 is 10.8 Å². The molecule has 0 saturated heterocycles. The fraction of sp³-hybridized carbons (Fsp3) is 0.185. The predicted octanol–water partition coefficient (Wildman–Crippen LogP) is 6.44. The van der Waals surface area contributed by atoms with Crippen molar-refractivity contribution in [1.82, 2.24) is 0 Å². The highest BCUT2D eigenvalue weighted by atomic mass is 16.5. The Morgan fingerprint density at radius 2 is 1.50 bits per heavy atom. The monoisotopic (exact) mass is 364 g/mol. The van der Waals surface area contributed by atoms with Gasteiger partial charge in [0.2, 0.25) is 0 Å². The summed E-state index contributed by atoms with van der Waals surface area (Å²) < 4.78 is 23.6. The van der Waals surface area contributed by atoms with Crippen LogP contribution >= 0.6 is 0 Å². The normalized spacial score (nSPS) is 22.1. The molecule has 0 saturated carbocycles. The van der Waals surface area contributed by atoms with E-state index in [0.29, 0.717) is 6.42 Å². The lowest BCUT2D eigenvalue weighted by Gasteiger charge is -2.45. The van der Waals surface area contributed by atoms with E-state index in [2.05, 4.69) is 72.8 Å². The van der Waals surface area contributed by atoms with Gasteiger partial charge in [-0.15, -0.1) is 0 Å². The number of hydrogen-bond donors (Lipinski definition) is 0. The SMILES string of the molecule is [2H]C1([2H])COc2ccc3cccc4c3c2C1CC4(c1ccccc1)c1ccccc1. The minimum atomic E-state index is -1.43. The van der Waals surface area contributed by atoms with Gasteiger partial charge in [0.15, 0.2) is 0 Å². The van der Waals surface area contributed by atoms with E-state index in [1.54, 1.807) is 0 Å². The molecule has 0 radical (unpaired) electrons. The van der Waals surface area contributed by atoms with Gasteiger partial charge in [-0.2, -0.15) is 0 Å². The number of benzene rings is 4. The first kappa shape index (κ1) is 14.0. The van der Waals surface area contributed by atoms with Gasteiger partial charge in [0.1, 0.15) is 5.75 Å². The van der Waals surface area contributed by atoms with Gasteiger partial charge in [0, 0.05) is 13.7 Å². The Kier molecular flexibility index (Phi) is 2.99. The van der Waals surface area contributed by atoms with Crippen LogP contribution < -0.4 is 4.74 Å². The highest BCUT2D eigenvalue weighted by molar-refractivity contribution is 5.94. The first-order valence-electron chi connectivity index (χ1n) is 10.9. The summed E-state index contributed by atoms with van der Waals surface area (Å²) in [6.45, 7) is 0.0952. The van der Waals surface area contributed by atoms with E-state index in [1.165, 1.54) is 16.7 Å². The van der Waals surface area contributed by atoms with Gasteiger partial charge in [-0.05, 0) is 52.2 Å². The quantitative estimate of drug-likeness (QED) is 0.397. The van der Waals surface area contributed by atoms with Gasteiger partial charge >= 0.3 is 0 Å². The fourth-order valence-corrected chi connectivity index (χ4v) is 5.29. The summed E-state index contributed by atoms with van der Waals surface area (Å²) in [5.41, 5.74) is 4.29. The molecule has 28 heavy (non-hydrogen) atoms. The summed E-state index contributed by atoms with van der Waals surface area (Å²) in [6, 6.07) is 31.8. The molecular weight excluding hydrogens is 340 g/mol.